The fourth-order valence-electron chi connectivity index (χ4n) is 6.99. The lowest BCUT2D eigenvalue weighted by atomic mass is 10.1. The van der Waals surface area contributed by atoms with E-state index in [0.29, 0.717) is 6.42 Å². The topological polar surface area (TPSA) is 119 Å². The average molecular weight is 839 g/mol. The molecule has 0 bridgehead atoms. The van der Waals surface area contributed by atoms with Crippen LogP contribution in [0.2, 0.25) is 0 Å². The van der Waals surface area contributed by atoms with Gasteiger partial charge in [-0.1, -0.05) is 198 Å². The molecule has 0 aromatic carbocycles. The number of hydrogen-bond acceptors (Lipinski definition) is 6. The summed E-state index contributed by atoms with van der Waals surface area (Å²) in [4.78, 5) is 43.0. The van der Waals surface area contributed by atoms with Crippen LogP contribution in [0.3, 0.4) is 0 Å². The fraction of sp³-hybridized carbons (Fsp3) is 0.837. The second-order valence-electron chi connectivity index (χ2n) is 16.4. The van der Waals surface area contributed by atoms with Crippen LogP contribution >= 0.6 is 7.82 Å². The van der Waals surface area contributed by atoms with E-state index in [4.69, 9.17) is 19.3 Å². The van der Waals surface area contributed by atoms with Crippen molar-refractivity contribution < 1.29 is 37.9 Å². The third-order valence-electron chi connectivity index (χ3n) is 10.6. The SMILES string of the molecule is CCCCC/C=C\C/C=C\CCCCCCCCCCCC(=O)OC(COC(=O)CCCCCCCCCCC/C=C\CCCCCCCCCC)COP(=O)(O)O. The Hall–Kier alpha value is -1.73. The van der Waals surface area contributed by atoms with Crippen LogP contribution in [0.25, 0.3) is 0 Å². The first-order chi connectivity index (χ1) is 28.3. The zero-order valence-electron chi connectivity index (χ0n) is 37.7. The van der Waals surface area contributed by atoms with Crippen molar-refractivity contribution in [2.24, 2.45) is 0 Å². The molecule has 0 aliphatic rings. The molecular weight excluding hydrogens is 748 g/mol. The molecule has 0 spiro atoms. The molecule has 2 N–H and O–H groups in total. The lowest BCUT2D eigenvalue weighted by Gasteiger charge is -2.18. The largest absolute Gasteiger partial charge is 0.469 e. The van der Waals surface area contributed by atoms with Crippen LogP contribution in [-0.4, -0.2) is 41.0 Å². The summed E-state index contributed by atoms with van der Waals surface area (Å²) in [7, 11) is -4.76. The van der Waals surface area contributed by atoms with Crippen molar-refractivity contribution in [1.82, 2.24) is 0 Å². The van der Waals surface area contributed by atoms with Crippen molar-refractivity contribution in [3.8, 4) is 0 Å². The number of phosphoric ester groups is 1. The molecule has 58 heavy (non-hydrogen) atoms. The molecule has 0 fully saturated rings. The van der Waals surface area contributed by atoms with Crippen LogP contribution in [0.15, 0.2) is 36.5 Å². The van der Waals surface area contributed by atoms with Crippen molar-refractivity contribution in [3.05, 3.63) is 36.5 Å². The van der Waals surface area contributed by atoms with Crippen molar-refractivity contribution in [3.63, 3.8) is 0 Å². The summed E-state index contributed by atoms with van der Waals surface area (Å²) >= 11 is 0. The van der Waals surface area contributed by atoms with Gasteiger partial charge in [0.1, 0.15) is 6.61 Å². The van der Waals surface area contributed by atoms with Crippen molar-refractivity contribution >= 4 is 19.8 Å². The van der Waals surface area contributed by atoms with E-state index < -0.39 is 32.5 Å². The summed E-state index contributed by atoms with van der Waals surface area (Å²) in [6.07, 6.45) is 54.4. The molecule has 0 rings (SSSR count). The number of hydrogen-bond donors (Lipinski definition) is 2. The first-order valence-electron chi connectivity index (χ1n) is 24.3. The van der Waals surface area contributed by atoms with Gasteiger partial charge < -0.3 is 19.3 Å². The van der Waals surface area contributed by atoms with E-state index >= 15 is 0 Å². The third-order valence-corrected chi connectivity index (χ3v) is 11.1. The standard InChI is InChI=1S/C49H91O8P/c1-3-5-7-9-11-13-15-17-19-21-23-24-26-27-29-31-33-35-37-39-41-43-48(50)55-45-47(46-56-58(52,53)54)57-49(51)44-42-40-38-36-34-32-30-28-25-22-20-18-16-14-12-10-8-6-4-2/h12,14,18,20-21,23,47H,3-11,13,15-17,19,22,24-46H2,1-2H3,(H2,52,53,54)/b14-12-,20-18-,23-21-. The zero-order chi connectivity index (χ0) is 42.5. The van der Waals surface area contributed by atoms with Crippen molar-refractivity contribution in [2.45, 2.75) is 251 Å². The Kier molecular flexibility index (Phi) is 43.5. The lowest BCUT2D eigenvalue weighted by molar-refractivity contribution is -0.161. The molecule has 1 unspecified atom stereocenters. The van der Waals surface area contributed by atoms with E-state index in [1.807, 2.05) is 0 Å². The molecule has 1 atom stereocenters. The van der Waals surface area contributed by atoms with Crippen LogP contribution in [0.5, 0.6) is 0 Å². The molecule has 0 amide bonds. The van der Waals surface area contributed by atoms with Crippen LogP contribution in [-0.2, 0) is 28.2 Å². The van der Waals surface area contributed by atoms with Gasteiger partial charge in [-0.3, -0.25) is 14.1 Å². The van der Waals surface area contributed by atoms with E-state index in [1.165, 1.54) is 161 Å². The summed E-state index contributed by atoms with van der Waals surface area (Å²) in [6.45, 7) is 3.69. The van der Waals surface area contributed by atoms with E-state index in [0.717, 1.165) is 51.4 Å². The Morgan fingerprint density at radius 1 is 0.448 bits per heavy atom. The molecule has 340 valence electrons. The number of carbonyl (C=O) groups excluding carboxylic acids is 2. The Morgan fingerprint density at radius 2 is 0.776 bits per heavy atom. The second kappa shape index (κ2) is 44.8. The third kappa shape index (κ3) is 47.0. The van der Waals surface area contributed by atoms with Crippen LogP contribution in [0, 0.1) is 0 Å². The Bertz CT molecular complexity index is 1040. The van der Waals surface area contributed by atoms with Gasteiger partial charge in [0.2, 0.25) is 0 Å². The Morgan fingerprint density at radius 3 is 1.19 bits per heavy atom. The number of unbranched alkanes of at least 4 members (excludes halogenated alkanes) is 29. The smallest absolute Gasteiger partial charge is 0.462 e. The van der Waals surface area contributed by atoms with Crippen LogP contribution in [0.4, 0.5) is 0 Å². The number of esters is 2. The van der Waals surface area contributed by atoms with Crippen LogP contribution < -0.4 is 0 Å². The summed E-state index contributed by atoms with van der Waals surface area (Å²) in [5.41, 5.74) is 0. The zero-order valence-corrected chi connectivity index (χ0v) is 38.6. The number of phosphoric acid groups is 1. The van der Waals surface area contributed by atoms with E-state index in [1.54, 1.807) is 0 Å². The molecule has 0 saturated heterocycles. The summed E-state index contributed by atoms with van der Waals surface area (Å²) in [6, 6.07) is 0. The first kappa shape index (κ1) is 56.3. The first-order valence-corrected chi connectivity index (χ1v) is 25.8. The molecule has 0 radical (unpaired) electrons. The van der Waals surface area contributed by atoms with Crippen molar-refractivity contribution in [1.29, 1.82) is 0 Å². The van der Waals surface area contributed by atoms with Gasteiger partial charge in [0.15, 0.2) is 6.10 Å². The maximum Gasteiger partial charge on any atom is 0.469 e. The van der Waals surface area contributed by atoms with Gasteiger partial charge in [0, 0.05) is 12.8 Å². The molecule has 0 aromatic heterocycles. The maximum atomic E-state index is 12.5. The number of rotatable bonds is 45. The summed E-state index contributed by atoms with van der Waals surface area (Å²) in [5, 5.41) is 0. The summed E-state index contributed by atoms with van der Waals surface area (Å²) < 4.78 is 26.5. The highest BCUT2D eigenvalue weighted by atomic mass is 31.2. The minimum atomic E-state index is -4.76. The Balaban J connectivity index is 3.84. The molecular formula is C49H91O8P. The number of ether oxygens (including phenoxy) is 2. The normalized spacial score (nSPS) is 12.7. The Labute approximate surface area is 357 Å². The average Bonchev–Trinajstić information content (AvgIpc) is 3.20. The lowest BCUT2D eigenvalue weighted by Crippen LogP contribution is -2.29. The molecule has 0 aliphatic heterocycles. The quantitative estimate of drug-likeness (QED) is 0.0269. The van der Waals surface area contributed by atoms with Gasteiger partial charge in [0.05, 0.1) is 6.61 Å². The number of allylic oxidation sites excluding steroid dienone is 6. The van der Waals surface area contributed by atoms with Gasteiger partial charge in [-0.2, -0.15) is 0 Å². The van der Waals surface area contributed by atoms with E-state index in [-0.39, 0.29) is 19.4 Å². The monoisotopic (exact) mass is 839 g/mol. The van der Waals surface area contributed by atoms with Crippen LogP contribution in [0.1, 0.15) is 245 Å². The highest BCUT2D eigenvalue weighted by molar-refractivity contribution is 7.46. The summed E-state index contributed by atoms with van der Waals surface area (Å²) in [5.74, 6) is -0.883. The molecule has 0 aliphatic carbocycles. The maximum absolute atomic E-state index is 12.5. The minimum absolute atomic E-state index is 0.208. The van der Waals surface area contributed by atoms with Crippen molar-refractivity contribution in [2.75, 3.05) is 13.2 Å². The minimum Gasteiger partial charge on any atom is -0.462 e. The predicted octanol–water partition coefficient (Wildman–Crippen LogP) is 15.3. The molecule has 0 heterocycles. The molecule has 9 heteroatoms. The fourth-order valence-corrected chi connectivity index (χ4v) is 7.35. The highest BCUT2D eigenvalue weighted by Crippen LogP contribution is 2.36. The van der Waals surface area contributed by atoms with Gasteiger partial charge >= 0.3 is 19.8 Å². The van der Waals surface area contributed by atoms with Gasteiger partial charge in [-0.15, -0.1) is 0 Å². The predicted molar refractivity (Wildman–Crippen MR) is 244 cm³/mol. The molecule has 0 saturated carbocycles. The molecule has 8 nitrogen and oxygen atoms in total. The molecule has 0 aromatic rings. The van der Waals surface area contributed by atoms with E-state index in [9.17, 15) is 14.2 Å². The van der Waals surface area contributed by atoms with E-state index in [2.05, 4.69) is 54.8 Å². The highest BCUT2D eigenvalue weighted by Gasteiger charge is 2.23. The number of carbonyl (C=O) groups is 2. The van der Waals surface area contributed by atoms with Gasteiger partial charge in [-0.05, 0) is 70.6 Å². The van der Waals surface area contributed by atoms with Gasteiger partial charge in [0.25, 0.3) is 0 Å². The van der Waals surface area contributed by atoms with Gasteiger partial charge in [-0.25, -0.2) is 4.57 Å². The second-order valence-corrected chi connectivity index (χ2v) is 17.7.